The van der Waals surface area contributed by atoms with Crippen molar-refractivity contribution in [3.05, 3.63) is 28.3 Å². The van der Waals surface area contributed by atoms with Crippen molar-refractivity contribution in [2.45, 2.75) is 32.8 Å². The number of hydrogen-bond acceptors (Lipinski definition) is 5. The number of benzene rings is 1. The Morgan fingerprint density at radius 3 is 2.79 bits per heavy atom. The molecule has 1 atom stereocenters. The van der Waals surface area contributed by atoms with Crippen molar-refractivity contribution in [2.75, 3.05) is 18.5 Å². The van der Waals surface area contributed by atoms with Crippen LogP contribution < -0.4 is 10.1 Å². The Balaban J connectivity index is 2.81. The maximum Gasteiger partial charge on any atom is 0.333 e. The molecule has 1 rings (SSSR count). The molecule has 0 amide bonds. The second-order valence-corrected chi connectivity index (χ2v) is 4.12. The fraction of sp³-hybridized carbons (Fsp3) is 0.538. The molecule has 1 unspecified atom stereocenters. The first-order chi connectivity index (χ1) is 9.10. The molecule has 1 aromatic rings. The number of aliphatic hydroxyl groups excluding tert-OH is 1. The summed E-state index contributed by atoms with van der Waals surface area (Å²) < 4.78 is 5.26. The first-order valence-corrected chi connectivity index (χ1v) is 6.42. The van der Waals surface area contributed by atoms with Crippen molar-refractivity contribution in [3.63, 3.8) is 0 Å². The maximum atomic E-state index is 11.1. The largest absolute Gasteiger partial charge is 0.487 e. The summed E-state index contributed by atoms with van der Waals surface area (Å²) in [6, 6.07) is 4.92. The van der Waals surface area contributed by atoms with Crippen LogP contribution in [0.5, 0.6) is 5.75 Å². The lowest BCUT2D eigenvalue weighted by atomic mass is 10.2. The van der Waals surface area contributed by atoms with Crippen LogP contribution in [0.3, 0.4) is 0 Å². The van der Waals surface area contributed by atoms with E-state index in [9.17, 15) is 15.2 Å². The summed E-state index contributed by atoms with van der Waals surface area (Å²) in [6.07, 6.45) is 0.830. The lowest BCUT2D eigenvalue weighted by Crippen LogP contribution is -2.13. The van der Waals surface area contributed by atoms with Crippen LogP contribution in [0.1, 0.15) is 26.7 Å². The van der Waals surface area contributed by atoms with Crippen LogP contribution in [0.2, 0.25) is 0 Å². The van der Waals surface area contributed by atoms with E-state index in [4.69, 9.17) is 4.74 Å². The molecular formula is C13H20N2O4. The number of anilines is 1. The van der Waals surface area contributed by atoms with Gasteiger partial charge >= 0.3 is 5.69 Å². The fourth-order valence-electron chi connectivity index (χ4n) is 1.70. The van der Waals surface area contributed by atoms with Crippen LogP contribution in [-0.2, 0) is 0 Å². The zero-order valence-electron chi connectivity index (χ0n) is 11.3. The Hall–Kier alpha value is -1.82. The highest BCUT2D eigenvalue weighted by atomic mass is 16.6. The number of ether oxygens (including phenoxy) is 1. The van der Waals surface area contributed by atoms with Gasteiger partial charge in [-0.3, -0.25) is 10.1 Å². The number of nitro benzene ring substituents is 1. The second kappa shape index (κ2) is 7.58. The van der Waals surface area contributed by atoms with Gasteiger partial charge in [-0.05, 0) is 31.9 Å². The number of para-hydroxylation sites is 1. The quantitative estimate of drug-likeness (QED) is 0.559. The summed E-state index contributed by atoms with van der Waals surface area (Å²) in [5.41, 5.74) is 0.356. The summed E-state index contributed by atoms with van der Waals surface area (Å²) in [6.45, 7) is 4.52. The number of nitrogens with zero attached hydrogens (tertiary/aromatic N) is 1. The van der Waals surface area contributed by atoms with Gasteiger partial charge in [-0.1, -0.05) is 13.0 Å². The molecule has 0 fully saturated rings. The highest BCUT2D eigenvalue weighted by Crippen LogP contribution is 2.34. The van der Waals surface area contributed by atoms with E-state index in [0.717, 1.165) is 0 Å². The Kier molecular flexibility index (Phi) is 6.08. The number of hydrogen-bond donors (Lipinski definition) is 2. The Morgan fingerprint density at radius 1 is 1.47 bits per heavy atom. The van der Waals surface area contributed by atoms with Crippen LogP contribution in [0.25, 0.3) is 0 Å². The number of nitrogens with one attached hydrogen (secondary N) is 1. The van der Waals surface area contributed by atoms with Crippen LogP contribution in [0, 0.1) is 10.1 Å². The normalized spacial score (nSPS) is 11.9. The molecule has 2 N–H and O–H groups in total. The molecule has 0 aliphatic carbocycles. The summed E-state index contributed by atoms with van der Waals surface area (Å²) in [7, 11) is 0. The summed E-state index contributed by atoms with van der Waals surface area (Å²) >= 11 is 0. The summed E-state index contributed by atoms with van der Waals surface area (Å²) in [5.74, 6) is 0.258. The standard InChI is InChI=1S/C13H20N2O4/c1-3-10(16)8-9-14-11-6-5-7-12(19-4-2)13(11)15(17)18/h5-7,10,14,16H,3-4,8-9H2,1-2H3. The zero-order valence-corrected chi connectivity index (χ0v) is 11.3. The van der Waals surface area contributed by atoms with Gasteiger partial charge in [0.05, 0.1) is 17.6 Å². The maximum absolute atomic E-state index is 11.1. The average Bonchev–Trinajstić information content (AvgIpc) is 2.38. The van der Waals surface area contributed by atoms with Gasteiger partial charge in [0, 0.05) is 6.54 Å². The van der Waals surface area contributed by atoms with Gasteiger partial charge in [0.1, 0.15) is 5.69 Å². The number of aliphatic hydroxyl groups is 1. The van der Waals surface area contributed by atoms with Gasteiger partial charge in [0.2, 0.25) is 0 Å². The minimum Gasteiger partial charge on any atom is -0.487 e. The fourth-order valence-corrected chi connectivity index (χ4v) is 1.70. The Morgan fingerprint density at radius 2 is 2.21 bits per heavy atom. The minimum atomic E-state index is -0.455. The lowest BCUT2D eigenvalue weighted by Gasteiger charge is -2.12. The molecule has 6 nitrogen and oxygen atoms in total. The third kappa shape index (κ3) is 4.40. The van der Waals surface area contributed by atoms with Crippen molar-refractivity contribution < 1.29 is 14.8 Å². The van der Waals surface area contributed by atoms with E-state index in [1.807, 2.05) is 6.92 Å². The first-order valence-electron chi connectivity index (χ1n) is 6.42. The van der Waals surface area contributed by atoms with E-state index < -0.39 is 4.92 Å². The molecule has 0 spiro atoms. The van der Waals surface area contributed by atoms with Gasteiger partial charge < -0.3 is 15.2 Å². The molecule has 0 bridgehead atoms. The van der Waals surface area contributed by atoms with E-state index in [1.165, 1.54) is 0 Å². The number of nitro groups is 1. The molecule has 106 valence electrons. The van der Waals surface area contributed by atoms with E-state index in [2.05, 4.69) is 5.32 Å². The summed E-state index contributed by atoms with van der Waals surface area (Å²) in [4.78, 5) is 10.7. The van der Waals surface area contributed by atoms with Gasteiger partial charge in [-0.2, -0.15) is 0 Å². The zero-order chi connectivity index (χ0) is 14.3. The van der Waals surface area contributed by atoms with Crippen LogP contribution in [0.4, 0.5) is 11.4 Å². The van der Waals surface area contributed by atoms with Crippen LogP contribution in [0.15, 0.2) is 18.2 Å². The monoisotopic (exact) mass is 268 g/mol. The molecule has 19 heavy (non-hydrogen) atoms. The molecule has 0 saturated heterocycles. The number of rotatable bonds is 8. The second-order valence-electron chi connectivity index (χ2n) is 4.12. The predicted molar refractivity (Wildman–Crippen MR) is 73.7 cm³/mol. The van der Waals surface area contributed by atoms with Crippen molar-refractivity contribution in [2.24, 2.45) is 0 Å². The smallest absolute Gasteiger partial charge is 0.333 e. The minimum absolute atomic E-state index is 0.0599. The van der Waals surface area contributed by atoms with Crippen molar-refractivity contribution >= 4 is 11.4 Å². The van der Waals surface area contributed by atoms with Crippen molar-refractivity contribution in [1.82, 2.24) is 0 Å². The van der Waals surface area contributed by atoms with Crippen LogP contribution >= 0.6 is 0 Å². The molecule has 0 aliphatic heterocycles. The molecular weight excluding hydrogens is 248 g/mol. The topological polar surface area (TPSA) is 84.6 Å². The molecule has 0 aliphatic rings. The molecule has 0 radical (unpaired) electrons. The van der Waals surface area contributed by atoms with Gasteiger partial charge in [-0.25, -0.2) is 0 Å². The molecule has 0 aromatic heterocycles. The summed E-state index contributed by atoms with van der Waals surface area (Å²) in [5, 5.41) is 23.5. The van der Waals surface area contributed by atoms with Gasteiger partial charge in [-0.15, -0.1) is 0 Å². The van der Waals surface area contributed by atoms with Gasteiger partial charge in [0.25, 0.3) is 0 Å². The van der Waals surface area contributed by atoms with E-state index in [1.54, 1.807) is 25.1 Å². The van der Waals surface area contributed by atoms with E-state index in [-0.39, 0.29) is 17.5 Å². The predicted octanol–water partition coefficient (Wildman–Crippen LogP) is 2.57. The average molecular weight is 268 g/mol. The highest BCUT2D eigenvalue weighted by Gasteiger charge is 2.20. The molecule has 6 heteroatoms. The Bertz CT molecular complexity index is 423. The third-order valence-electron chi connectivity index (χ3n) is 2.75. The van der Waals surface area contributed by atoms with Gasteiger partial charge in [0.15, 0.2) is 5.75 Å². The van der Waals surface area contributed by atoms with Crippen molar-refractivity contribution in [1.29, 1.82) is 0 Å². The van der Waals surface area contributed by atoms with E-state index in [0.29, 0.717) is 31.7 Å². The molecule has 1 aromatic carbocycles. The lowest BCUT2D eigenvalue weighted by molar-refractivity contribution is -0.384. The van der Waals surface area contributed by atoms with E-state index >= 15 is 0 Å². The Labute approximate surface area is 112 Å². The van der Waals surface area contributed by atoms with Crippen molar-refractivity contribution in [3.8, 4) is 5.75 Å². The first kappa shape index (κ1) is 15.2. The van der Waals surface area contributed by atoms with Crippen LogP contribution in [-0.4, -0.2) is 29.3 Å². The molecule has 0 saturated carbocycles. The SMILES string of the molecule is CCOc1cccc(NCCC(O)CC)c1[N+](=O)[O-]. The highest BCUT2D eigenvalue weighted by molar-refractivity contribution is 5.68. The molecule has 0 heterocycles. The third-order valence-corrected chi connectivity index (χ3v) is 2.75.